The van der Waals surface area contributed by atoms with Gasteiger partial charge in [-0.3, -0.25) is 4.79 Å². The molecule has 4 heteroatoms. The molecule has 0 radical (unpaired) electrons. The molecule has 1 amide bonds. The summed E-state index contributed by atoms with van der Waals surface area (Å²) in [5.74, 6) is 1.63. The molecule has 1 unspecified atom stereocenters. The smallest absolute Gasteiger partial charge is 0.228 e. The van der Waals surface area contributed by atoms with Gasteiger partial charge in [0.25, 0.3) is 0 Å². The molecular formula is C15H27ClN2O. The Labute approximate surface area is 122 Å². The predicted molar refractivity (Wildman–Crippen MR) is 79.5 cm³/mol. The van der Waals surface area contributed by atoms with E-state index in [9.17, 15) is 4.79 Å². The van der Waals surface area contributed by atoms with Crippen LogP contribution in [-0.2, 0) is 4.79 Å². The molecule has 3 aliphatic rings. The van der Waals surface area contributed by atoms with Gasteiger partial charge in [0.2, 0.25) is 5.91 Å². The van der Waals surface area contributed by atoms with Crippen molar-refractivity contribution < 1.29 is 4.79 Å². The summed E-state index contributed by atoms with van der Waals surface area (Å²) in [5, 5.41) is 3.21. The summed E-state index contributed by atoms with van der Waals surface area (Å²) in [5.41, 5.74) is 0. The standard InChI is InChI=1S/C15H26N2O.ClH/c18-15(13-10-16-11-13)17-8-4-7-14(17)9-12-5-2-1-3-6-12;/h12-14,16H,1-11H2;1H. The molecule has 1 N–H and O–H groups in total. The largest absolute Gasteiger partial charge is 0.339 e. The second kappa shape index (κ2) is 6.94. The highest BCUT2D eigenvalue weighted by Gasteiger charge is 2.36. The normalized spacial score (nSPS) is 28.8. The van der Waals surface area contributed by atoms with E-state index in [1.807, 2.05) is 0 Å². The Morgan fingerprint density at radius 2 is 1.79 bits per heavy atom. The van der Waals surface area contributed by atoms with Crippen molar-refractivity contribution in [3.05, 3.63) is 0 Å². The minimum absolute atomic E-state index is 0. The lowest BCUT2D eigenvalue weighted by atomic mass is 9.84. The van der Waals surface area contributed by atoms with Crippen LogP contribution in [0, 0.1) is 11.8 Å². The first-order valence-electron chi connectivity index (χ1n) is 7.86. The van der Waals surface area contributed by atoms with Crippen molar-refractivity contribution in [3.8, 4) is 0 Å². The molecule has 2 heterocycles. The van der Waals surface area contributed by atoms with E-state index in [4.69, 9.17) is 0 Å². The Balaban J connectivity index is 0.00000133. The van der Waals surface area contributed by atoms with Gasteiger partial charge in [-0.25, -0.2) is 0 Å². The van der Waals surface area contributed by atoms with Crippen LogP contribution in [0.25, 0.3) is 0 Å². The molecule has 3 fully saturated rings. The fourth-order valence-electron chi connectivity index (χ4n) is 3.88. The van der Waals surface area contributed by atoms with E-state index >= 15 is 0 Å². The fraction of sp³-hybridized carbons (Fsp3) is 0.933. The Kier molecular flexibility index (Phi) is 5.52. The van der Waals surface area contributed by atoms with Gasteiger partial charge in [0.1, 0.15) is 0 Å². The summed E-state index contributed by atoms with van der Waals surface area (Å²) in [6.45, 7) is 2.84. The maximum atomic E-state index is 12.4. The van der Waals surface area contributed by atoms with Crippen LogP contribution in [0.2, 0.25) is 0 Å². The molecule has 3 rings (SSSR count). The van der Waals surface area contributed by atoms with Crippen LogP contribution >= 0.6 is 12.4 Å². The van der Waals surface area contributed by atoms with Crippen molar-refractivity contribution in [1.82, 2.24) is 10.2 Å². The van der Waals surface area contributed by atoms with Crippen LogP contribution in [0.5, 0.6) is 0 Å². The van der Waals surface area contributed by atoms with Gasteiger partial charge in [0, 0.05) is 25.7 Å². The van der Waals surface area contributed by atoms with E-state index in [0.29, 0.717) is 11.9 Å². The molecule has 0 spiro atoms. The quantitative estimate of drug-likeness (QED) is 0.865. The highest BCUT2D eigenvalue weighted by Crippen LogP contribution is 2.32. The number of carbonyl (C=O) groups excluding carboxylic acids is 1. The maximum Gasteiger partial charge on any atom is 0.228 e. The molecule has 1 aliphatic carbocycles. The van der Waals surface area contributed by atoms with Gasteiger partial charge in [-0.1, -0.05) is 32.1 Å². The van der Waals surface area contributed by atoms with Crippen LogP contribution in [-0.4, -0.2) is 36.5 Å². The second-order valence-corrected chi connectivity index (χ2v) is 6.42. The average molecular weight is 287 g/mol. The number of hydrogen-bond donors (Lipinski definition) is 1. The minimum Gasteiger partial charge on any atom is -0.339 e. The SMILES string of the molecule is Cl.O=C(C1CNC1)N1CCCC1CC1CCCCC1. The van der Waals surface area contributed by atoms with Gasteiger partial charge >= 0.3 is 0 Å². The fourth-order valence-corrected chi connectivity index (χ4v) is 3.88. The topological polar surface area (TPSA) is 32.3 Å². The van der Waals surface area contributed by atoms with Gasteiger partial charge in [-0.2, -0.15) is 0 Å². The number of rotatable bonds is 3. The zero-order valence-corrected chi connectivity index (χ0v) is 12.6. The van der Waals surface area contributed by atoms with Gasteiger partial charge < -0.3 is 10.2 Å². The number of amides is 1. The van der Waals surface area contributed by atoms with Crippen LogP contribution in [0.3, 0.4) is 0 Å². The van der Waals surface area contributed by atoms with Crippen LogP contribution in [0.15, 0.2) is 0 Å². The summed E-state index contributed by atoms with van der Waals surface area (Å²) in [4.78, 5) is 14.6. The maximum absolute atomic E-state index is 12.4. The molecule has 110 valence electrons. The van der Waals surface area contributed by atoms with Crippen molar-refractivity contribution in [1.29, 1.82) is 0 Å². The van der Waals surface area contributed by atoms with Gasteiger partial charge in [-0.05, 0) is 25.2 Å². The second-order valence-electron chi connectivity index (χ2n) is 6.42. The van der Waals surface area contributed by atoms with Gasteiger partial charge in [0.05, 0.1) is 5.92 Å². The first-order chi connectivity index (χ1) is 8.84. The van der Waals surface area contributed by atoms with E-state index in [0.717, 1.165) is 25.6 Å². The molecule has 19 heavy (non-hydrogen) atoms. The minimum atomic E-state index is 0. The van der Waals surface area contributed by atoms with Crippen LogP contribution < -0.4 is 5.32 Å². The molecule has 3 nitrogen and oxygen atoms in total. The highest BCUT2D eigenvalue weighted by molar-refractivity contribution is 5.85. The summed E-state index contributed by atoms with van der Waals surface area (Å²) >= 11 is 0. The Bertz CT molecular complexity index is 301. The van der Waals surface area contributed by atoms with Crippen molar-refractivity contribution in [3.63, 3.8) is 0 Å². The first-order valence-corrected chi connectivity index (χ1v) is 7.86. The molecule has 1 atom stereocenters. The summed E-state index contributed by atoms with van der Waals surface area (Å²) in [6, 6.07) is 0.571. The molecule has 2 saturated heterocycles. The predicted octanol–water partition coefficient (Wildman–Crippen LogP) is 2.59. The Morgan fingerprint density at radius 1 is 1.05 bits per heavy atom. The van der Waals surface area contributed by atoms with Gasteiger partial charge in [0.15, 0.2) is 0 Å². The van der Waals surface area contributed by atoms with Crippen molar-refractivity contribution in [2.75, 3.05) is 19.6 Å². The third-order valence-corrected chi connectivity index (χ3v) is 5.12. The Morgan fingerprint density at radius 3 is 2.42 bits per heavy atom. The zero-order valence-electron chi connectivity index (χ0n) is 11.8. The lowest BCUT2D eigenvalue weighted by molar-refractivity contribution is -0.138. The average Bonchev–Trinajstić information content (AvgIpc) is 2.76. The van der Waals surface area contributed by atoms with E-state index in [2.05, 4.69) is 10.2 Å². The molecule has 2 aliphatic heterocycles. The number of nitrogens with one attached hydrogen (secondary N) is 1. The number of halogens is 1. The zero-order chi connectivity index (χ0) is 12.4. The monoisotopic (exact) mass is 286 g/mol. The molecular weight excluding hydrogens is 260 g/mol. The third kappa shape index (κ3) is 3.43. The van der Waals surface area contributed by atoms with E-state index in [1.54, 1.807) is 0 Å². The summed E-state index contributed by atoms with van der Waals surface area (Å²) < 4.78 is 0. The number of nitrogens with zero attached hydrogens (tertiary/aromatic N) is 1. The molecule has 1 saturated carbocycles. The number of hydrogen-bond acceptors (Lipinski definition) is 2. The molecule has 0 aromatic carbocycles. The van der Waals surface area contributed by atoms with Crippen molar-refractivity contribution >= 4 is 18.3 Å². The number of carbonyl (C=O) groups is 1. The Hall–Kier alpha value is -0.280. The van der Waals surface area contributed by atoms with E-state index < -0.39 is 0 Å². The third-order valence-electron chi connectivity index (χ3n) is 5.12. The highest BCUT2D eigenvalue weighted by atomic mass is 35.5. The van der Waals surface area contributed by atoms with E-state index in [-0.39, 0.29) is 18.3 Å². The van der Waals surface area contributed by atoms with Crippen LogP contribution in [0.1, 0.15) is 51.4 Å². The number of likely N-dealkylation sites (tertiary alicyclic amines) is 1. The molecule has 0 aromatic heterocycles. The lowest BCUT2D eigenvalue weighted by Gasteiger charge is -2.35. The first kappa shape index (κ1) is 15.1. The lowest BCUT2D eigenvalue weighted by Crippen LogP contribution is -2.53. The van der Waals surface area contributed by atoms with Gasteiger partial charge in [-0.15, -0.1) is 12.4 Å². The van der Waals surface area contributed by atoms with Crippen molar-refractivity contribution in [2.24, 2.45) is 11.8 Å². The summed E-state index contributed by atoms with van der Waals surface area (Å²) in [7, 11) is 0. The molecule has 0 aromatic rings. The van der Waals surface area contributed by atoms with Crippen molar-refractivity contribution in [2.45, 2.75) is 57.4 Å². The van der Waals surface area contributed by atoms with Crippen LogP contribution in [0.4, 0.5) is 0 Å². The molecule has 0 bridgehead atoms. The van der Waals surface area contributed by atoms with E-state index in [1.165, 1.54) is 51.4 Å². The summed E-state index contributed by atoms with van der Waals surface area (Å²) in [6.07, 6.45) is 10.8.